The minimum Gasteiger partial charge on any atom is -0.481 e. The van der Waals surface area contributed by atoms with E-state index in [1.807, 2.05) is 157 Å². The van der Waals surface area contributed by atoms with E-state index >= 15 is 0 Å². The number of benzene rings is 4. The maximum atomic E-state index is 13.4. The smallest absolute Gasteiger partial charge is 0.416 e. The first-order chi connectivity index (χ1) is 69.1. The quantitative estimate of drug-likeness (QED) is 0.0165. The van der Waals surface area contributed by atoms with Gasteiger partial charge in [0.25, 0.3) is 0 Å². The number of rotatable bonds is 34. The van der Waals surface area contributed by atoms with Gasteiger partial charge in [-0.1, -0.05) is 126 Å². The van der Waals surface area contributed by atoms with E-state index in [0.29, 0.717) is 57.9 Å². The van der Waals surface area contributed by atoms with Crippen LogP contribution in [0.2, 0.25) is 0 Å². The highest BCUT2D eigenvalue weighted by atomic mass is 35.5. The number of esters is 3. The zero-order chi connectivity index (χ0) is 106. The van der Waals surface area contributed by atoms with E-state index in [-0.39, 0.29) is 72.9 Å². The fourth-order valence-corrected chi connectivity index (χ4v) is 19.0. The van der Waals surface area contributed by atoms with Gasteiger partial charge in [0.15, 0.2) is 0 Å². The molecule has 0 bridgehead atoms. The summed E-state index contributed by atoms with van der Waals surface area (Å²) in [5, 5.41) is 19.7. The van der Waals surface area contributed by atoms with Crippen LogP contribution in [0.1, 0.15) is 308 Å². The number of pyridine rings is 4. The van der Waals surface area contributed by atoms with Crippen molar-refractivity contribution in [1.82, 2.24) is 54.0 Å². The standard InChI is InChI=1S/C29H39N3O3.C29H37N3O3.C25H31N3O3.C18H26F3NO3.C12H18N2.CH2Cl2.CH4O/c2*1-21-9-7-11-23(19-21)26(20-27(33)35-29(2,3)4)32-18-17-31(28(32)34)16-8-12-24-15-14-22-10-5-6-13-25(22)30-24;1-18-6-4-8-20(16-18)23(17-24(29)30)28-15-14-27(25(28)31)13-5-9-21-12-11-19-7-2-3-10-22(19)26-21;1-12(24-5)11-22-15(10-16(23)25-17(2,3)4)13-7-6-8-14(9-13)18(19,20)21;13-9-3-5-11-8-7-10-4-1-2-6-12(10)14-11;2-1-3;1-2/h7,9,11,14-15,19,26H,5-6,8,10,12-13,16-18,20H2,1-4H3;7,9,11,14-15,17-19,26H,5-6,8,10,12-13,16,20H2,1-4H3;4,6,8,11-12,16,23H,2-3,5,7,9-10,13-15,17H2,1H3,(H,29,30);6-9,12,15,22H,10-11H2,1-5H3;7-8H,1-6,9,13H2;1H2;2H,1H3/t2*26-;23-;12?,15-;;;/m0000.../s1. The van der Waals surface area contributed by atoms with Crippen LogP contribution in [0, 0.1) is 20.8 Å². The van der Waals surface area contributed by atoms with Crippen molar-refractivity contribution in [2.45, 2.75) is 330 Å². The van der Waals surface area contributed by atoms with Crippen LogP contribution in [0.25, 0.3) is 0 Å². The highest BCUT2D eigenvalue weighted by Gasteiger charge is 2.39. The van der Waals surface area contributed by atoms with Crippen LogP contribution in [0.3, 0.4) is 0 Å². The average molecular weight is 2040 g/mol. The lowest BCUT2D eigenvalue weighted by Crippen LogP contribution is -2.37. The molecule has 1 unspecified atom stereocenters. The Kier molecular flexibility index (Phi) is 47.1. The number of hydrogen-bond acceptors (Lipinski definition) is 18. The lowest BCUT2D eigenvalue weighted by atomic mass is 9.95. The molecule has 30 heteroatoms. The number of amides is 4. The van der Waals surface area contributed by atoms with Gasteiger partial charge >= 0.3 is 47.8 Å². The van der Waals surface area contributed by atoms with Gasteiger partial charge in [0.05, 0.1) is 60.8 Å². The highest BCUT2D eigenvalue weighted by Crippen LogP contribution is 2.36. The van der Waals surface area contributed by atoms with E-state index in [1.54, 1.807) is 54.2 Å². The number of carboxylic acids is 1. The van der Waals surface area contributed by atoms with Gasteiger partial charge in [-0.25, -0.2) is 14.4 Å². The number of imidazole rings is 1. The molecule has 145 heavy (non-hydrogen) atoms. The molecule has 2 fully saturated rings. The van der Waals surface area contributed by atoms with Gasteiger partial charge < -0.3 is 59.8 Å². The number of nitrogens with two attached hydrogens (primary N) is 1. The molecule has 0 saturated carbocycles. The SMILES string of the molecule is CO.COC(C)CN[C@@H](CC(=O)OC(C)(C)C)c1cccc(C(F)(F)F)c1.Cc1cccc([C@H](CC(=O)O)N2CCN(CCCc3ccc4c(n3)CCCC4)C2=O)c1.Cc1cccc([C@H](CC(=O)OC(C)(C)C)N2CCN(CCCc3ccc4c(n3)CCCC4)C2=O)c1.Cc1cccc([C@H](CC(=O)OC(C)(C)C)n2ccn(CCCc3ccc4c(n3)CCCC4)c2=O)c1.ClCCl.NCCCc1ccc2c(n1)CCCC2. The van der Waals surface area contributed by atoms with Gasteiger partial charge in [-0.05, 0) is 332 Å². The topological polar surface area (TPSA) is 309 Å². The summed E-state index contributed by atoms with van der Waals surface area (Å²) in [5.41, 5.74) is 24.6. The Balaban J connectivity index is 0.000000204. The Morgan fingerprint density at radius 2 is 0.793 bits per heavy atom. The molecular formula is C115H157Cl2F3N12O13. The molecule has 5 aromatic heterocycles. The molecule has 4 aliphatic carbocycles. The van der Waals surface area contributed by atoms with Crippen molar-refractivity contribution in [1.29, 1.82) is 0 Å². The van der Waals surface area contributed by atoms with Crippen molar-refractivity contribution in [2.24, 2.45) is 5.73 Å². The monoisotopic (exact) mass is 2040 g/mol. The van der Waals surface area contributed by atoms with E-state index in [1.165, 1.54) is 121 Å². The number of halogens is 5. The van der Waals surface area contributed by atoms with Crippen LogP contribution in [0.15, 0.2) is 163 Å². The van der Waals surface area contributed by atoms with Crippen LogP contribution in [-0.2, 0) is 128 Å². The van der Waals surface area contributed by atoms with Crippen molar-refractivity contribution < 1.29 is 71.1 Å². The van der Waals surface area contributed by atoms with Crippen molar-refractivity contribution >= 4 is 59.1 Å². The van der Waals surface area contributed by atoms with Gasteiger partial charge in [0, 0.05) is 131 Å². The number of methoxy groups -OCH3 is 1. The molecule has 25 nitrogen and oxygen atoms in total. The number of hydrogen-bond donors (Lipinski definition) is 4. The second kappa shape index (κ2) is 58.0. The third-order valence-corrected chi connectivity index (χ3v) is 26.0. The summed E-state index contributed by atoms with van der Waals surface area (Å²) < 4.78 is 63.9. The molecule has 2 saturated heterocycles. The molecule has 6 aliphatic rings. The second-order valence-electron chi connectivity index (χ2n) is 41.3. The van der Waals surface area contributed by atoms with E-state index < -0.39 is 58.6 Å². The van der Waals surface area contributed by atoms with Gasteiger partial charge in [-0.3, -0.25) is 48.2 Å². The fraction of sp³-hybridized carbons (Fsp3) is 0.539. The molecule has 2 aliphatic heterocycles. The maximum absolute atomic E-state index is 13.4. The molecule has 7 heterocycles. The highest BCUT2D eigenvalue weighted by molar-refractivity contribution is 6.40. The average Bonchev–Trinajstić information content (AvgIpc) is 1.67. The first-order valence-electron chi connectivity index (χ1n) is 51.7. The summed E-state index contributed by atoms with van der Waals surface area (Å²) >= 11 is 9.53. The van der Waals surface area contributed by atoms with Crippen LogP contribution in [0.5, 0.6) is 0 Å². The zero-order valence-corrected chi connectivity index (χ0v) is 89.6. The van der Waals surface area contributed by atoms with E-state index in [4.69, 9.17) is 72.9 Å². The third-order valence-electron chi connectivity index (χ3n) is 26.0. The van der Waals surface area contributed by atoms with Gasteiger partial charge in [0.2, 0.25) is 0 Å². The number of aliphatic hydroxyl groups is 1. The Morgan fingerprint density at radius 3 is 1.16 bits per heavy atom. The summed E-state index contributed by atoms with van der Waals surface area (Å²) in [5.74, 6) is -1.97. The number of carboxylic acid groups (broad SMARTS) is 1. The van der Waals surface area contributed by atoms with E-state index in [2.05, 4.69) is 59.9 Å². The van der Waals surface area contributed by atoms with Crippen molar-refractivity contribution in [3.63, 3.8) is 0 Å². The molecule has 4 amide bonds. The molecular weight excluding hydrogens is 1890 g/mol. The molecule has 0 spiro atoms. The van der Waals surface area contributed by atoms with Crippen molar-refractivity contribution in [3.8, 4) is 0 Å². The van der Waals surface area contributed by atoms with E-state index in [0.717, 1.165) is 166 Å². The van der Waals surface area contributed by atoms with Crippen molar-refractivity contribution in [3.05, 3.63) is 281 Å². The predicted octanol–water partition coefficient (Wildman–Crippen LogP) is 21.7. The largest absolute Gasteiger partial charge is 0.481 e. The fourth-order valence-electron chi connectivity index (χ4n) is 19.0. The summed E-state index contributed by atoms with van der Waals surface area (Å²) in [6.45, 7) is 29.8. The van der Waals surface area contributed by atoms with Crippen LogP contribution in [-0.4, -0.2) is 190 Å². The normalized spacial score (nSPS) is 15.4. The summed E-state index contributed by atoms with van der Waals surface area (Å²) in [4.78, 5) is 115. The number of carbonyl (C=O) groups is 6. The third kappa shape index (κ3) is 39.0. The number of nitrogens with one attached hydrogen (secondary N) is 1. The summed E-state index contributed by atoms with van der Waals surface area (Å²) in [7, 11) is 2.54. The first kappa shape index (κ1) is 118. The Hall–Kier alpha value is -10.9. The number of urea groups is 2. The first-order valence-corrected chi connectivity index (χ1v) is 52.8. The molecule has 4 aromatic carbocycles. The Bertz CT molecular complexity index is 5690. The molecule has 790 valence electrons. The number of aliphatic hydroxyl groups excluding tert-OH is 1. The number of fused-ring (bicyclic) bond motifs is 4. The second-order valence-corrected chi connectivity index (χ2v) is 42.1. The molecule has 0 radical (unpaired) electrons. The Morgan fingerprint density at radius 1 is 0.448 bits per heavy atom. The predicted molar refractivity (Wildman–Crippen MR) is 566 cm³/mol. The zero-order valence-electron chi connectivity index (χ0n) is 88.1. The molecule has 9 aromatic rings. The minimum absolute atomic E-state index is 0.00142. The van der Waals surface area contributed by atoms with Crippen LogP contribution < -0.4 is 16.7 Å². The number of aromatic nitrogens is 6. The number of ether oxygens (including phenoxy) is 4. The van der Waals surface area contributed by atoms with Crippen LogP contribution in [0.4, 0.5) is 22.8 Å². The van der Waals surface area contributed by atoms with Crippen LogP contribution >= 0.6 is 23.2 Å². The lowest BCUT2D eigenvalue weighted by molar-refractivity contribution is -0.157. The number of nitrogens with zero attached hydrogens (tertiary/aromatic N) is 10. The molecule has 15 rings (SSSR count). The van der Waals surface area contributed by atoms with E-state index in [9.17, 15) is 51.8 Å². The molecule has 5 N–H and O–H groups in total. The minimum atomic E-state index is -4.44. The summed E-state index contributed by atoms with van der Waals surface area (Å²) in [6, 6.07) is 44.5. The Labute approximate surface area is 867 Å². The van der Waals surface area contributed by atoms with Crippen molar-refractivity contribution in [2.75, 3.05) is 71.9 Å². The number of aryl methyl sites for hydroxylation is 16. The number of aliphatic carboxylic acids is 1. The summed E-state index contributed by atoms with van der Waals surface area (Å²) in [6.07, 6.45) is 25.5. The molecule has 5 atom stereocenters. The van der Waals surface area contributed by atoms with Gasteiger partial charge in [-0.15, -0.1) is 23.2 Å². The maximum Gasteiger partial charge on any atom is 0.416 e. The van der Waals surface area contributed by atoms with Gasteiger partial charge in [0.1, 0.15) is 16.8 Å². The lowest BCUT2D eigenvalue weighted by Gasteiger charge is -2.29. The number of alkyl halides is 5. The van der Waals surface area contributed by atoms with Gasteiger partial charge in [-0.2, -0.15) is 13.2 Å². The number of carbonyl (C=O) groups excluding carboxylic acids is 5.